The Morgan fingerprint density at radius 2 is 2.06 bits per heavy atom. The average Bonchev–Trinajstić information content (AvgIpc) is 3.42. The smallest absolute Gasteiger partial charge is 0.194 e. The number of aliphatic imine (C=N–C) groups is 1. The van der Waals surface area contributed by atoms with Gasteiger partial charge in [-0.15, -0.1) is 0 Å². The number of hydrogen-bond acceptors (Lipinski definition) is 8. The van der Waals surface area contributed by atoms with Crippen LogP contribution in [0.5, 0.6) is 5.75 Å². The van der Waals surface area contributed by atoms with Crippen molar-refractivity contribution in [2.75, 3.05) is 19.5 Å². The monoisotopic (exact) mass is 432 g/mol. The van der Waals surface area contributed by atoms with Crippen molar-refractivity contribution in [2.24, 2.45) is 18.0 Å². The van der Waals surface area contributed by atoms with Gasteiger partial charge in [-0.2, -0.15) is 5.10 Å². The third-order valence-electron chi connectivity index (χ3n) is 5.63. The minimum absolute atomic E-state index is 0.190. The van der Waals surface area contributed by atoms with Crippen LogP contribution in [0.25, 0.3) is 11.4 Å². The number of hydrogen-bond donors (Lipinski definition) is 1. The van der Waals surface area contributed by atoms with Gasteiger partial charge in [0.2, 0.25) is 0 Å². The summed E-state index contributed by atoms with van der Waals surface area (Å²) in [5, 5.41) is 7.84. The van der Waals surface area contributed by atoms with Crippen molar-refractivity contribution in [2.45, 2.75) is 25.7 Å². The number of aromatic nitrogens is 4. The van der Waals surface area contributed by atoms with E-state index in [0.717, 1.165) is 41.2 Å². The molecule has 0 amide bonds. The molecule has 0 saturated heterocycles. The molecule has 0 spiro atoms. The molecule has 0 bridgehead atoms. The molecule has 3 aromatic rings. The molecular formula is C23H24N6O3. The standard InChI is InChI=1S/C23H24N6O3/c1-29-12-24-23(28-29)15-5-4-6-16(22(15)32-3)26-17-9-14(10-19(30)13-7-8-13)25-18-11-20(31-2)27-21(17)18/h4-6,9,12-13H,7-8,10-11H2,1-3H3,(H,25,26). The Labute approximate surface area is 185 Å². The second-order valence-corrected chi connectivity index (χ2v) is 8.01. The van der Waals surface area contributed by atoms with Crippen molar-refractivity contribution in [1.29, 1.82) is 0 Å². The van der Waals surface area contributed by atoms with Gasteiger partial charge in [0, 0.05) is 19.4 Å². The fourth-order valence-electron chi connectivity index (χ4n) is 3.88. The number of anilines is 2. The van der Waals surface area contributed by atoms with E-state index in [4.69, 9.17) is 14.5 Å². The number of carbonyl (C=O) groups excluding carboxylic acids is 1. The summed E-state index contributed by atoms with van der Waals surface area (Å²) in [6.45, 7) is 0. The van der Waals surface area contributed by atoms with Gasteiger partial charge in [0.25, 0.3) is 0 Å². The lowest BCUT2D eigenvalue weighted by Gasteiger charge is -2.16. The van der Waals surface area contributed by atoms with E-state index in [1.807, 2.05) is 31.3 Å². The van der Waals surface area contributed by atoms with Crippen molar-refractivity contribution >= 4 is 28.7 Å². The maximum atomic E-state index is 12.4. The summed E-state index contributed by atoms with van der Waals surface area (Å²) in [7, 11) is 5.04. The van der Waals surface area contributed by atoms with Crippen LogP contribution in [0, 0.1) is 5.92 Å². The van der Waals surface area contributed by atoms with Crippen molar-refractivity contribution in [3.05, 3.63) is 42.0 Å². The topological polar surface area (TPSA) is 104 Å². The van der Waals surface area contributed by atoms with Crippen LogP contribution in [0.1, 0.15) is 24.2 Å². The summed E-state index contributed by atoms with van der Waals surface area (Å²) in [5.74, 6) is 2.22. The zero-order valence-corrected chi connectivity index (χ0v) is 18.3. The lowest BCUT2D eigenvalue weighted by atomic mass is 10.1. The molecule has 1 aromatic carbocycles. The molecule has 5 rings (SSSR count). The van der Waals surface area contributed by atoms with Gasteiger partial charge in [0.15, 0.2) is 17.5 Å². The van der Waals surface area contributed by atoms with Crippen LogP contribution in [0.15, 0.2) is 35.6 Å². The highest BCUT2D eigenvalue weighted by Crippen LogP contribution is 2.41. The summed E-state index contributed by atoms with van der Waals surface area (Å²) < 4.78 is 12.7. The van der Waals surface area contributed by atoms with Crippen LogP contribution < -0.4 is 10.1 Å². The fourth-order valence-corrected chi connectivity index (χ4v) is 3.88. The number of nitrogens with zero attached hydrogens (tertiary/aromatic N) is 5. The molecule has 1 aliphatic carbocycles. The van der Waals surface area contributed by atoms with Gasteiger partial charge in [0.05, 0.1) is 49.0 Å². The van der Waals surface area contributed by atoms with Gasteiger partial charge >= 0.3 is 0 Å². The van der Waals surface area contributed by atoms with E-state index in [1.165, 1.54) is 0 Å². The van der Waals surface area contributed by atoms with Gasteiger partial charge in [-0.3, -0.25) is 14.5 Å². The number of nitrogens with one attached hydrogen (secondary N) is 1. The number of carbonyl (C=O) groups is 1. The van der Waals surface area contributed by atoms with Crippen molar-refractivity contribution in [3.63, 3.8) is 0 Å². The Kier molecular flexibility index (Phi) is 5.08. The molecule has 3 heterocycles. The highest BCUT2D eigenvalue weighted by molar-refractivity contribution is 5.93. The molecule has 1 aliphatic heterocycles. The Morgan fingerprint density at radius 3 is 2.75 bits per heavy atom. The maximum Gasteiger partial charge on any atom is 0.194 e. The maximum absolute atomic E-state index is 12.4. The van der Waals surface area contributed by atoms with E-state index in [9.17, 15) is 4.79 Å². The number of benzene rings is 1. The number of ether oxygens (including phenoxy) is 2. The summed E-state index contributed by atoms with van der Waals surface area (Å²) in [4.78, 5) is 26.1. The van der Waals surface area contributed by atoms with E-state index in [0.29, 0.717) is 36.0 Å². The zero-order chi connectivity index (χ0) is 22.2. The molecule has 0 atom stereocenters. The lowest BCUT2D eigenvalue weighted by Crippen LogP contribution is -2.09. The molecule has 0 radical (unpaired) electrons. The summed E-state index contributed by atoms with van der Waals surface area (Å²) in [6.07, 6.45) is 4.44. The molecule has 2 aromatic heterocycles. The normalized spacial score (nSPS) is 14.7. The Balaban J connectivity index is 1.54. The number of ketones is 1. The second kappa shape index (κ2) is 8.07. The van der Waals surface area contributed by atoms with E-state index in [-0.39, 0.29) is 11.7 Å². The van der Waals surface area contributed by atoms with Crippen molar-refractivity contribution < 1.29 is 14.3 Å². The molecular weight excluding hydrogens is 408 g/mol. The van der Waals surface area contributed by atoms with Gasteiger partial charge in [-0.1, -0.05) is 6.07 Å². The predicted molar refractivity (Wildman–Crippen MR) is 120 cm³/mol. The van der Waals surface area contributed by atoms with Crippen LogP contribution >= 0.6 is 0 Å². The molecule has 32 heavy (non-hydrogen) atoms. The Morgan fingerprint density at radius 1 is 1.22 bits per heavy atom. The van der Waals surface area contributed by atoms with Crippen LogP contribution in [0.3, 0.4) is 0 Å². The minimum atomic E-state index is 0.190. The van der Waals surface area contributed by atoms with Crippen LogP contribution in [-0.2, 0) is 29.4 Å². The second-order valence-electron chi connectivity index (χ2n) is 8.01. The van der Waals surface area contributed by atoms with Crippen molar-refractivity contribution in [3.8, 4) is 17.1 Å². The van der Waals surface area contributed by atoms with Gasteiger partial charge in [-0.25, -0.2) is 9.98 Å². The third-order valence-corrected chi connectivity index (χ3v) is 5.63. The quantitative estimate of drug-likeness (QED) is 0.610. The van der Waals surface area contributed by atoms with Crippen LogP contribution in [-0.4, -0.2) is 45.6 Å². The van der Waals surface area contributed by atoms with Crippen LogP contribution in [0.2, 0.25) is 0 Å². The van der Waals surface area contributed by atoms with Gasteiger partial charge < -0.3 is 14.8 Å². The molecule has 164 valence electrons. The molecule has 0 unspecified atom stereocenters. The highest BCUT2D eigenvalue weighted by atomic mass is 16.5. The predicted octanol–water partition coefficient (Wildman–Crippen LogP) is 3.38. The molecule has 1 N–H and O–H groups in total. The summed E-state index contributed by atoms with van der Waals surface area (Å²) in [5.41, 5.74) is 4.52. The number of pyridine rings is 1. The van der Waals surface area contributed by atoms with Gasteiger partial charge in [-0.05, 0) is 31.0 Å². The Bertz CT molecular complexity index is 1230. The minimum Gasteiger partial charge on any atom is -0.494 e. The number of Topliss-reactive ketones (excluding diaryl/α,β-unsaturated/α-hetero) is 1. The largest absolute Gasteiger partial charge is 0.494 e. The number of para-hydroxylation sites is 1. The number of fused-ring (bicyclic) bond motifs is 1. The lowest BCUT2D eigenvalue weighted by molar-refractivity contribution is -0.119. The van der Waals surface area contributed by atoms with E-state index in [2.05, 4.69) is 20.4 Å². The number of aryl methyl sites for hydroxylation is 1. The molecule has 1 saturated carbocycles. The summed E-state index contributed by atoms with van der Waals surface area (Å²) in [6, 6.07) is 7.64. The Hall–Kier alpha value is -3.75. The fraction of sp³-hybridized carbons (Fsp3) is 0.348. The molecule has 9 nitrogen and oxygen atoms in total. The van der Waals surface area contributed by atoms with E-state index >= 15 is 0 Å². The van der Waals surface area contributed by atoms with Crippen molar-refractivity contribution in [1.82, 2.24) is 19.7 Å². The molecule has 1 fully saturated rings. The van der Waals surface area contributed by atoms with Crippen LogP contribution in [0.4, 0.5) is 17.1 Å². The third kappa shape index (κ3) is 3.81. The summed E-state index contributed by atoms with van der Waals surface area (Å²) >= 11 is 0. The first-order valence-electron chi connectivity index (χ1n) is 10.5. The van der Waals surface area contributed by atoms with Gasteiger partial charge in [0.1, 0.15) is 17.8 Å². The van der Waals surface area contributed by atoms with E-state index < -0.39 is 0 Å². The number of methoxy groups -OCH3 is 2. The first kappa shape index (κ1) is 20.2. The number of rotatable bonds is 7. The molecule has 2 aliphatic rings. The van der Waals surface area contributed by atoms with E-state index in [1.54, 1.807) is 25.2 Å². The average molecular weight is 432 g/mol. The highest BCUT2D eigenvalue weighted by Gasteiger charge is 2.30. The SMILES string of the molecule is COC1=Nc2c(Nc3cccc(-c4ncn(C)n4)c3OC)cc(CC(=O)C3CC3)nc2C1. The first-order chi connectivity index (χ1) is 15.6. The zero-order valence-electron chi connectivity index (χ0n) is 18.3. The first-order valence-corrected chi connectivity index (χ1v) is 10.5. The molecule has 9 heteroatoms.